The van der Waals surface area contributed by atoms with Gasteiger partial charge in [-0.25, -0.2) is 9.37 Å². The lowest BCUT2D eigenvalue weighted by Crippen LogP contribution is -2.02. The highest BCUT2D eigenvalue weighted by Crippen LogP contribution is 2.21. The van der Waals surface area contributed by atoms with Gasteiger partial charge < -0.3 is 16.8 Å². The number of nitrogen functional groups attached to an aromatic ring is 2. The van der Waals surface area contributed by atoms with Gasteiger partial charge in [-0.05, 0) is 36.8 Å². The highest BCUT2D eigenvalue weighted by Gasteiger charge is 2.04. The molecule has 0 bridgehead atoms. The number of nitrogens with two attached hydrogens (primary N) is 2. The van der Waals surface area contributed by atoms with Crippen molar-refractivity contribution in [2.45, 2.75) is 6.92 Å². The van der Waals surface area contributed by atoms with E-state index >= 15 is 0 Å². The van der Waals surface area contributed by atoms with E-state index in [4.69, 9.17) is 11.5 Å². The first-order valence-corrected chi connectivity index (χ1v) is 5.11. The van der Waals surface area contributed by atoms with E-state index < -0.39 is 0 Å². The van der Waals surface area contributed by atoms with Crippen LogP contribution in [0, 0.1) is 12.7 Å². The third-order valence-corrected chi connectivity index (χ3v) is 2.34. The minimum atomic E-state index is -0.331. The van der Waals surface area contributed by atoms with Crippen molar-refractivity contribution in [2.75, 3.05) is 16.8 Å². The molecule has 2 rings (SSSR count). The van der Waals surface area contributed by atoms with Crippen LogP contribution in [0.15, 0.2) is 30.3 Å². The second-order valence-electron chi connectivity index (χ2n) is 3.78. The monoisotopic (exact) mass is 232 g/mol. The summed E-state index contributed by atoms with van der Waals surface area (Å²) in [7, 11) is 0. The minimum Gasteiger partial charge on any atom is -0.396 e. The molecular weight excluding hydrogens is 219 g/mol. The average Bonchev–Trinajstić information content (AvgIpc) is 2.27. The molecule has 88 valence electrons. The first-order chi connectivity index (χ1) is 8.06. The van der Waals surface area contributed by atoms with Crippen molar-refractivity contribution in [2.24, 2.45) is 0 Å². The number of anilines is 4. The van der Waals surface area contributed by atoms with E-state index in [1.54, 1.807) is 18.2 Å². The van der Waals surface area contributed by atoms with Crippen LogP contribution in [0.2, 0.25) is 0 Å². The van der Waals surface area contributed by atoms with E-state index in [9.17, 15) is 4.39 Å². The van der Waals surface area contributed by atoms with Gasteiger partial charge in [0.2, 0.25) is 0 Å². The Labute approximate surface area is 98.5 Å². The summed E-state index contributed by atoms with van der Waals surface area (Å²) in [5.41, 5.74) is 12.7. The van der Waals surface area contributed by atoms with Gasteiger partial charge in [0.05, 0.1) is 11.4 Å². The van der Waals surface area contributed by atoms with E-state index in [2.05, 4.69) is 10.3 Å². The van der Waals surface area contributed by atoms with Gasteiger partial charge >= 0.3 is 0 Å². The lowest BCUT2D eigenvalue weighted by molar-refractivity contribution is 0.630. The third kappa shape index (κ3) is 2.44. The van der Waals surface area contributed by atoms with Gasteiger partial charge in [0.1, 0.15) is 17.5 Å². The maximum Gasteiger partial charge on any atom is 0.149 e. The van der Waals surface area contributed by atoms with Gasteiger partial charge in [0.25, 0.3) is 0 Å². The fourth-order valence-corrected chi connectivity index (χ4v) is 1.41. The molecule has 0 fully saturated rings. The molecule has 0 aliphatic carbocycles. The molecule has 2 aromatic rings. The number of aryl methyl sites for hydroxylation is 1. The number of halogens is 1. The SMILES string of the molecule is Cc1ccc(Nc2ccc(N)c(N)n2)c(F)c1. The summed E-state index contributed by atoms with van der Waals surface area (Å²) in [6.45, 7) is 1.83. The Morgan fingerprint density at radius 1 is 1.18 bits per heavy atom. The van der Waals surface area contributed by atoms with Crippen molar-refractivity contribution in [1.82, 2.24) is 4.98 Å². The predicted molar refractivity (Wildman–Crippen MR) is 67.5 cm³/mol. The summed E-state index contributed by atoms with van der Waals surface area (Å²) in [6.07, 6.45) is 0. The molecule has 5 heteroatoms. The normalized spacial score (nSPS) is 10.2. The van der Waals surface area contributed by atoms with E-state index in [0.717, 1.165) is 5.56 Å². The number of rotatable bonds is 2. The Hall–Kier alpha value is -2.30. The zero-order valence-electron chi connectivity index (χ0n) is 9.37. The van der Waals surface area contributed by atoms with Crippen molar-refractivity contribution in [1.29, 1.82) is 0 Å². The number of aromatic nitrogens is 1. The molecule has 0 amide bonds. The maximum atomic E-state index is 13.6. The van der Waals surface area contributed by atoms with Crippen LogP contribution in [-0.2, 0) is 0 Å². The van der Waals surface area contributed by atoms with Crippen molar-refractivity contribution >= 4 is 23.0 Å². The fourth-order valence-electron chi connectivity index (χ4n) is 1.41. The third-order valence-electron chi connectivity index (χ3n) is 2.34. The van der Waals surface area contributed by atoms with Crippen LogP contribution in [-0.4, -0.2) is 4.98 Å². The Balaban J connectivity index is 2.28. The molecule has 0 aliphatic rings. The minimum absolute atomic E-state index is 0.225. The Morgan fingerprint density at radius 2 is 1.94 bits per heavy atom. The van der Waals surface area contributed by atoms with Crippen LogP contribution in [0.3, 0.4) is 0 Å². The standard InChI is InChI=1S/C12H13FN4/c1-7-2-4-10(8(13)6-7)16-11-5-3-9(14)12(15)17-11/h2-6H,14H2,1H3,(H3,15,16,17). The van der Waals surface area contributed by atoms with Gasteiger partial charge in [-0.1, -0.05) is 6.07 Å². The topological polar surface area (TPSA) is 77.0 Å². The van der Waals surface area contributed by atoms with Crippen molar-refractivity contribution in [3.05, 3.63) is 41.7 Å². The maximum absolute atomic E-state index is 13.6. The van der Waals surface area contributed by atoms with Gasteiger partial charge in [0.15, 0.2) is 0 Å². The molecular formula is C12H13FN4. The molecule has 1 aromatic carbocycles. The molecule has 17 heavy (non-hydrogen) atoms. The van der Waals surface area contributed by atoms with Crippen LogP contribution in [0.1, 0.15) is 5.56 Å². The quantitative estimate of drug-likeness (QED) is 0.743. The van der Waals surface area contributed by atoms with E-state index in [1.165, 1.54) is 6.07 Å². The molecule has 0 saturated carbocycles. The fraction of sp³-hybridized carbons (Fsp3) is 0.0833. The molecule has 1 aromatic heterocycles. The van der Waals surface area contributed by atoms with Crippen molar-refractivity contribution < 1.29 is 4.39 Å². The van der Waals surface area contributed by atoms with Crippen LogP contribution in [0.5, 0.6) is 0 Å². The molecule has 4 nitrogen and oxygen atoms in total. The number of hydrogen-bond donors (Lipinski definition) is 3. The van der Waals surface area contributed by atoms with E-state index in [-0.39, 0.29) is 11.6 Å². The second-order valence-corrected chi connectivity index (χ2v) is 3.78. The summed E-state index contributed by atoms with van der Waals surface area (Å²) in [5.74, 6) is 0.351. The Bertz CT molecular complexity index is 554. The number of benzene rings is 1. The first-order valence-electron chi connectivity index (χ1n) is 5.11. The molecule has 0 unspecified atom stereocenters. The van der Waals surface area contributed by atoms with Crippen molar-refractivity contribution in [3.8, 4) is 0 Å². The number of nitrogens with one attached hydrogen (secondary N) is 1. The molecule has 0 spiro atoms. The molecule has 0 radical (unpaired) electrons. The van der Waals surface area contributed by atoms with E-state index in [1.807, 2.05) is 13.0 Å². The largest absolute Gasteiger partial charge is 0.396 e. The van der Waals surface area contributed by atoms with Crippen LogP contribution >= 0.6 is 0 Å². The summed E-state index contributed by atoms with van der Waals surface area (Å²) < 4.78 is 13.6. The Morgan fingerprint density at radius 3 is 2.59 bits per heavy atom. The summed E-state index contributed by atoms with van der Waals surface area (Å²) >= 11 is 0. The molecule has 1 heterocycles. The number of nitrogens with zero attached hydrogens (tertiary/aromatic N) is 1. The van der Waals surface area contributed by atoms with Gasteiger partial charge in [0, 0.05) is 0 Å². The molecule has 0 aliphatic heterocycles. The lowest BCUT2D eigenvalue weighted by atomic mass is 10.2. The predicted octanol–water partition coefficient (Wildman–Crippen LogP) is 2.44. The number of pyridine rings is 1. The van der Waals surface area contributed by atoms with Gasteiger partial charge in [-0.15, -0.1) is 0 Å². The second kappa shape index (κ2) is 4.29. The smallest absolute Gasteiger partial charge is 0.149 e. The molecule has 0 saturated heterocycles. The highest BCUT2D eigenvalue weighted by molar-refractivity contribution is 5.65. The zero-order chi connectivity index (χ0) is 12.4. The van der Waals surface area contributed by atoms with Crippen LogP contribution < -0.4 is 16.8 Å². The van der Waals surface area contributed by atoms with Gasteiger partial charge in [-0.2, -0.15) is 0 Å². The molecule has 5 N–H and O–H groups in total. The lowest BCUT2D eigenvalue weighted by Gasteiger charge is -2.08. The van der Waals surface area contributed by atoms with Crippen LogP contribution in [0.25, 0.3) is 0 Å². The van der Waals surface area contributed by atoms with E-state index in [0.29, 0.717) is 17.2 Å². The van der Waals surface area contributed by atoms with Gasteiger partial charge in [-0.3, -0.25) is 0 Å². The zero-order valence-corrected chi connectivity index (χ0v) is 9.37. The van der Waals surface area contributed by atoms with Crippen LogP contribution in [0.4, 0.5) is 27.4 Å². The number of hydrogen-bond acceptors (Lipinski definition) is 4. The average molecular weight is 232 g/mol. The Kier molecular flexibility index (Phi) is 2.82. The highest BCUT2D eigenvalue weighted by atomic mass is 19.1. The first kappa shape index (κ1) is 11.2. The summed E-state index contributed by atoms with van der Waals surface area (Å²) in [6, 6.07) is 8.18. The van der Waals surface area contributed by atoms with Crippen molar-refractivity contribution in [3.63, 3.8) is 0 Å². The molecule has 0 atom stereocenters. The summed E-state index contributed by atoms with van der Waals surface area (Å²) in [4.78, 5) is 4.01. The summed E-state index contributed by atoms with van der Waals surface area (Å²) in [5, 5.41) is 2.85.